The summed E-state index contributed by atoms with van der Waals surface area (Å²) in [5.41, 5.74) is 2.34. The quantitative estimate of drug-likeness (QED) is 0.454. The Kier molecular flexibility index (Phi) is 5.25. The number of para-hydroxylation sites is 1. The highest BCUT2D eigenvalue weighted by molar-refractivity contribution is 9.10. The number of rotatable bonds is 3. The highest BCUT2D eigenvalue weighted by Gasteiger charge is 2.34. The molecule has 0 aliphatic carbocycles. The summed E-state index contributed by atoms with van der Waals surface area (Å²) in [4.78, 5) is 25.0. The van der Waals surface area contributed by atoms with Gasteiger partial charge in [-0.2, -0.15) is 0 Å². The lowest BCUT2D eigenvalue weighted by molar-refractivity contribution is 0.0960. The standard InChI is InChI=1S/C21H14BrClFN3O2/c22-11-8-15-18(17(9-11)26-21(29)25-13-4-2-1-3-5-13)19(27-20(15)28)14-10-12(24)6-7-16(14)23/h1-10,19H,(H,27,28)(H2,25,26,29)/t19-/m1/s1. The highest BCUT2D eigenvalue weighted by atomic mass is 79.9. The van der Waals surface area contributed by atoms with Crippen molar-refractivity contribution in [2.24, 2.45) is 0 Å². The molecular formula is C21H14BrClFN3O2. The first kappa shape index (κ1) is 19.4. The predicted octanol–water partition coefficient (Wildman–Crippen LogP) is 5.72. The maximum Gasteiger partial charge on any atom is 0.323 e. The summed E-state index contributed by atoms with van der Waals surface area (Å²) in [5.74, 6) is -0.807. The molecule has 0 bridgehead atoms. The molecule has 0 unspecified atom stereocenters. The molecule has 0 spiro atoms. The van der Waals surface area contributed by atoms with E-state index in [0.717, 1.165) is 0 Å². The Labute approximate surface area is 179 Å². The van der Waals surface area contributed by atoms with Crippen LogP contribution in [0.5, 0.6) is 0 Å². The van der Waals surface area contributed by atoms with Gasteiger partial charge in [-0.15, -0.1) is 0 Å². The second kappa shape index (κ2) is 7.85. The molecule has 1 heterocycles. The van der Waals surface area contributed by atoms with Gasteiger partial charge in [0.05, 0.1) is 6.04 Å². The van der Waals surface area contributed by atoms with E-state index in [1.54, 1.807) is 36.4 Å². The maximum absolute atomic E-state index is 13.8. The second-order valence-corrected chi connectivity index (χ2v) is 7.75. The Balaban J connectivity index is 1.73. The number of halogens is 3. The van der Waals surface area contributed by atoms with Gasteiger partial charge in [0.2, 0.25) is 0 Å². The lowest BCUT2D eigenvalue weighted by Crippen LogP contribution is -2.22. The van der Waals surface area contributed by atoms with Crippen molar-refractivity contribution in [2.45, 2.75) is 6.04 Å². The lowest BCUT2D eigenvalue weighted by Gasteiger charge is -2.18. The zero-order valence-corrected chi connectivity index (χ0v) is 17.1. The van der Waals surface area contributed by atoms with E-state index in [1.165, 1.54) is 18.2 Å². The van der Waals surface area contributed by atoms with E-state index in [-0.39, 0.29) is 5.91 Å². The van der Waals surface area contributed by atoms with Crippen molar-refractivity contribution in [2.75, 3.05) is 10.6 Å². The monoisotopic (exact) mass is 473 g/mol. The Morgan fingerprint density at radius 2 is 1.83 bits per heavy atom. The Bertz CT molecular complexity index is 1120. The molecule has 3 amide bonds. The molecule has 5 nitrogen and oxygen atoms in total. The number of amides is 3. The number of nitrogens with one attached hydrogen (secondary N) is 3. The van der Waals surface area contributed by atoms with Gasteiger partial charge in [-0.1, -0.05) is 45.7 Å². The molecule has 1 aliphatic heterocycles. The summed E-state index contributed by atoms with van der Waals surface area (Å²) in [6, 6.07) is 15.1. The molecule has 1 aliphatic rings. The smallest absolute Gasteiger partial charge is 0.323 e. The minimum atomic E-state index is -0.694. The van der Waals surface area contributed by atoms with E-state index in [1.807, 2.05) is 6.07 Å². The molecule has 0 fully saturated rings. The van der Waals surface area contributed by atoms with Gasteiger partial charge in [0.1, 0.15) is 5.82 Å². The summed E-state index contributed by atoms with van der Waals surface area (Å²) in [5, 5.41) is 8.63. The molecule has 3 N–H and O–H groups in total. The molecule has 1 atom stereocenters. The topological polar surface area (TPSA) is 70.2 Å². The fraction of sp³-hybridized carbons (Fsp3) is 0.0476. The van der Waals surface area contributed by atoms with Crippen LogP contribution in [-0.4, -0.2) is 11.9 Å². The summed E-state index contributed by atoms with van der Waals surface area (Å²) in [7, 11) is 0. The van der Waals surface area contributed by atoms with Crippen molar-refractivity contribution in [3.8, 4) is 0 Å². The van der Waals surface area contributed by atoms with E-state index >= 15 is 0 Å². The van der Waals surface area contributed by atoms with Crippen molar-refractivity contribution in [3.63, 3.8) is 0 Å². The van der Waals surface area contributed by atoms with Crippen LogP contribution in [0.4, 0.5) is 20.6 Å². The number of carbonyl (C=O) groups is 2. The molecule has 0 aromatic heterocycles. The molecular weight excluding hydrogens is 461 g/mol. The second-order valence-electron chi connectivity index (χ2n) is 6.43. The number of benzene rings is 3. The van der Waals surface area contributed by atoms with E-state index in [0.29, 0.717) is 37.6 Å². The molecule has 3 aromatic carbocycles. The average molecular weight is 475 g/mol. The van der Waals surface area contributed by atoms with Gasteiger partial charge in [-0.3, -0.25) is 4.79 Å². The normalized spacial score (nSPS) is 14.9. The number of hydrogen-bond donors (Lipinski definition) is 3. The zero-order valence-electron chi connectivity index (χ0n) is 14.8. The van der Waals surface area contributed by atoms with Gasteiger partial charge in [-0.05, 0) is 42.5 Å². The van der Waals surface area contributed by atoms with Crippen molar-refractivity contribution < 1.29 is 14.0 Å². The molecule has 8 heteroatoms. The van der Waals surface area contributed by atoms with Gasteiger partial charge in [0, 0.05) is 37.6 Å². The Hall–Kier alpha value is -2.90. The molecule has 4 rings (SSSR count). The predicted molar refractivity (Wildman–Crippen MR) is 114 cm³/mol. The summed E-state index contributed by atoms with van der Waals surface area (Å²) in [6.07, 6.45) is 0. The third-order valence-electron chi connectivity index (χ3n) is 4.50. The van der Waals surface area contributed by atoms with E-state index in [2.05, 4.69) is 31.9 Å². The third-order valence-corrected chi connectivity index (χ3v) is 5.30. The first-order chi connectivity index (χ1) is 13.9. The van der Waals surface area contributed by atoms with Gasteiger partial charge < -0.3 is 16.0 Å². The fourth-order valence-electron chi connectivity index (χ4n) is 3.28. The SMILES string of the molecule is O=C(Nc1ccccc1)Nc1cc(Br)cc2c1[C@@H](c1cc(F)ccc1Cl)NC2=O. The van der Waals surface area contributed by atoms with E-state index in [9.17, 15) is 14.0 Å². The van der Waals surface area contributed by atoms with Gasteiger partial charge in [0.25, 0.3) is 5.91 Å². The average Bonchev–Trinajstić information content (AvgIpc) is 3.01. The van der Waals surface area contributed by atoms with Gasteiger partial charge in [-0.25, -0.2) is 9.18 Å². The van der Waals surface area contributed by atoms with Crippen molar-refractivity contribution in [1.82, 2.24) is 5.32 Å². The van der Waals surface area contributed by atoms with Crippen LogP contribution in [0.2, 0.25) is 5.02 Å². The minimum Gasteiger partial charge on any atom is -0.341 e. The summed E-state index contributed by atoms with van der Waals surface area (Å²) in [6.45, 7) is 0. The van der Waals surface area contributed by atoms with E-state index in [4.69, 9.17) is 11.6 Å². The zero-order chi connectivity index (χ0) is 20.5. The van der Waals surface area contributed by atoms with Crippen molar-refractivity contribution in [1.29, 1.82) is 0 Å². The number of fused-ring (bicyclic) bond motifs is 1. The van der Waals surface area contributed by atoms with Crippen LogP contribution in [0.1, 0.15) is 27.5 Å². The molecule has 146 valence electrons. The third kappa shape index (κ3) is 3.97. The number of urea groups is 1. The maximum atomic E-state index is 13.8. The van der Waals surface area contributed by atoms with Crippen LogP contribution in [0.3, 0.4) is 0 Å². The van der Waals surface area contributed by atoms with Crippen LogP contribution in [-0.2, 0) is 0 Å². The van der Waals surface area contributed by atoms with E-state index < -0.39 is 17.9 Å². The fourth-order valence-corrected chi connectivity index (χ4v) is 3.96. The van der Waals surface area contributed by atoms with Crippen LogP contribution in [0.15, 0.2) is 65.1 Å². The van der Waals surface area contributed by atoms with Gasteiger partial charge >= 0.3 is 6.03 Å². The molecule has 0 radical (unpaired) electrons. The van der Waals surface area contributed by atoms with Crippen molar-refractivity contribution >= 4 is 50.8 Å². The molecule has 0 saturated carbocycles. The summed E-state index contributed by atoms with van der Waals surface area (Å²) >= 11 is 9.62. The van der Waals surface area contributed by atoms with Crippen molar-refractivity contribution in [3.05, 3.63) is 92.7 Å². The van der Waals surface area contributed by atoms with Gasteiger partial charge in [0.15, 0.2) is 0 Å². The number of carbonyl (C=O) groups excluding carboxylic acids is 2. The first-order valence-corrected chi connectivity index (χ1v) is 9.82. The minimum absolute atomic E-state index is 0.312. The van der Waals surface area contributed by atoms with Crippen LogP contribution >= 0.6 is 27.5 Å². The van der Waals surface area contributed by atoms with Crippen LogP contribution in [0, 0.1) is 5.82 Å². The van der Waals surface area contributed by atoms with Crippen LogP contribution < -0.4 is 16.0 Å². The number of anilines is 2. The molecule has 29 heavy (non-hydrogen) atoms. The number of hydrogen-bond acceptors (Lipinski definition) is 2. The first-order valence-electron chi connectivity index (χ1n) is 8.64. The molecule has 3 aromatic rings. The Morgan fingerprint density at radius 3 is 2.59 bits per heavy atom. The summed E-state index contributed by atoms with van der Waals surface area (Å²) < 4.78 is 14.5. The lowest BCUT2D eigenvalue weighted by atomic mass is 9.96. The largest absolute Gasteiger partial charge is 0.341 e. The molecule has 0 saturated heterocycles. The Morgan fingerprint density at radius 1 is 1.07 bits per heavy atom. The highest BCUT2D eigenvalue weighted by Crippen LogP contribution is 2.40. The van der Waals surface area contributed by atoms with Crippen LogP contribution in [0.25, 0.3) is 0 Å².